The lowest BCUT2D eigenvalue weighted by Gasteiger charge is -2.46. The van der Waals surface area contributed by atoms with E-state index >= 15 is 0 Å². The first kappa shape index (κ1) is 18.7. The lowest BCUT2D eigenvalue weighted by molar-refractivity contribution is -0.153. The molecule has 1 N–H and O–H groups in total. The number of nitrogens with zero attached hydrogens (tertiary/aromatic N) is 1. The Labute approximate surface area is 160 Å². The molecule has 0 bridgehead atoms. The van der Waals surface area contributed by atoms with Gasteiger partial charge < -0.3 is 19.7 Å². The number of carbonyl (C=O) groups excluding carboxylic acids is 1. The maximum atomic E-state index is 13.0. The fourth-order valence-corrected chi connectivity index (χ4v) is 4.04. The highest BCUT2D eigenvalue weighted by Crippen LogP contribution is 2.37. The van der Waals surface area contributed by atoms with Gasteiger partial charge in [-0.1, -0.05) is 12.1 Å². The molecule has 0 aromatic heterocycles. The highest BCUT2D eigenvalue weighted by molar-refractivity contribution is 5.74. The minimum atomic E-state index is -0.265. The van der Waals surface area contributed by atoms with Crippen LogP contribution >= 0.6 is 0 Å². The lowest BCUT2D eigenvalue weighted by Crippen LogP contribution is -2.53. The van der Waals surface area contributed by atoms with E-state index in [0.717, 1.165) is 50.4 Å². The summed E-state index contributed by atoms with van der Waals surface area (Å²) in [6.45, 7) is 3.47. The van der Waals surface area contributed by atoms with Crippen LogP contribution in [0, 0.1) is 11.7 Å². The second kappa shape index (κ2) is 8.15. The summed E-state index contributed by atoms with van der Waals surface area (Å²) in [6, 6.07) is 6.14. The number of ether oxygens (including phenoxy) is 2. The minimum absolute atomic E-state index is 0.0634. The van der Waals surface area contributed by atoms with E-state index in [1.54, 1.807) is 12.1 Å². The number of halogens is 1. The van der Waals surface area contributed by atoms with Gasteiger partial charge in [-0.15, -0.1) is 0 Å². The van der Waals surface area contributed by atoms with E-state index in [1.807, 2.05) is 4.90 Å². The highest BCUT2D eigenvalue weighted by atomic mass is 19.1. The van der Waals surface area contributed by atoms with Crippen LogP contribution in [0.2, 0.25) is 0 Å². The molecule has 2 saturated heterocycles. The molecule has 4 rings (SSSR count). The summed E-state index contributed by atoms with van der Waals surface area (Å²) in [5.74, 6) is 0.522. The molecule has 27 heavy (non-hydrogen) atoms. The first-order chi connectivity index (χ1) is 13.1. The Bertz CT molecular complexity index is 639. The number of hydrogen-bond donors (Lipinski definition) is 1. The minimum Gasteiger partial charge on any atom is -0.378 e. The molecular weight excluding hydrogens is 347 g/mol. The topological polar surface area (TPSA) is 50.8 Å². The Hall–Kier alpha value is -1.66. The summed E-state index contributed by atoms with van der Waals surface area (Å²) in [5.41, 5.74) is 0.768. The second-order valence-corrected chi connectivity index (χ2v) is 8.20. The Morgan fingerprint density at radius 1 is 1.22 bits per heavy atom. The summed E-state index contributed by atoms with van der Waals surface area (Å²) < 4.78 is 25.2. The van der Waals surface area contributed by atoms with E-state index in [4.69, 9.17) is 9.47 Å². The number of carbonyl (C=O) groups is 1. The van der Waals surface area contributed by atoms with Crippen LogP contribution in [0.15, 0.2) is 24.3 Å². The summed E-state index contributed by atoms with van der Waals surface area (Å²) in [6.07, 6.45) is 6.59. The van der Waals surface area contributed by atoms with Gasteiger partial charge in [0, 0.05) is 39.3 Å². The van der Waals surface area contributed by atoms with Gasteiger partial charge in [0.1, 0.15) is 5.82 Å². The van der Waals surface area contributed by atoms with Crippen molar-refractivity contribution in [1.29, 1.82) is 0 Å². The van der Waals surface area contributed by atoms with Crippen LogP contribution in [0.25, 0.3) is 0 Å². The molecular formula is C21H29FN2O3. The van der Waals surface area contributed by atoms with Crippen molar-refractivity contribution in [3.05, 3.63) is 35.6 Å². The van der Waals surface area contributed by atoms with Crippen molar-refractivity contribution in [1.82, 2.24) is 10.2 Å². The maximum absolute atomic E-state index is 13.0. The molecule has 1 aliphatic carbocycles. The van der Waals surface area contributed by atoms with Crippen LogP contribution in [-0.2, 0) is 16.0 Å². The quantitative estimate of drug-likeness (QED) is 0.856. The van der Waals surface area contributed by atoms with E-state index in [1.165, 1.54) is 25.0 Å². The van der Waals surface area contributed by atoms with Crippen LogP contribution in [-0.4, -0.2) is 48.9 Å². The van der Waals surface area contributed by atoms with Crippen molar-refractivity contribution >= 4 is 6.03 Å². The largest absolute Gasteiger partial charge is 0.378 e. The van der Waals surface area contributed by atoms with Gasteiger partial charge in [-0.2, -0.15) is 0 Å². The summed E-state index contributed by atoms with van der Waals surface area (Å²) in [5, 5.41) is 2.93. The molecule has 1 aromatic rings. The van der Waals surface area contributed by atoms with Gasteiger partial charge in [-0.25, -0.2) is 9.18 Å². The molecule has 0 radical (unpaired) electrons. The number of urea groups is 1. The van der Waals surface area contributed by atoms with Gasteiger partial charge in [-0.3, -0.25) is 0 Å². The zero-order valence-electron chi connectivity index (χ0n) is 15.8. The van der Waals surface area contributed by atoms with Crippen LogP contribution in [0.5, 0.6) is 0 Å². The average Bonchev–Trinajstić information content (AvgIpc) is 3.51. The fraction of sp³-hybridized carbons (Fsp3) is 0.667. The van der Waals surface area contributed by atoms with Gasteiger partial charge in [0.2, 0.25) is 0 Å². The number of hydrogen-bond acceptors (Lipinski definition) is 3. The first-order valence-electron chi connectivity index (χ1n) is 10.1. The van der Waals surface area contributed by atoms with Crippen molar-refractivity contribution in [2.75, 3.05) is 26.3 Å². The number of piperidine rings is 1. The predicted octanol–water partition coefficient (Wildman–Crippen LogP) is 3.48. The van der Waals surface area contributed by atoms with Gasteiger partial charge in [0.05, 0.1) is 11.7 Å². The third-order valence-electron chi connectivity index (χ3n) is 6.03. The number of amides is 2. The van der Waals surface area contributed by atoms with Crippen LogP contribution in [0.4, 0.5) is 9.18 Å². The predicted molar refractivity (Wildman–Crippen MR) is 99.8 cm³/mol. The van der Waals surface area contributed by atoms with Gasteiger partial charge in [-0.05, 0) is 55.7 Å². The normalized spacial score (nSPS) is 24.8. The summed E-state index contributed by atoms with van der Waals surface area (Å²) in [4.78, 5) is 14.3. The molecule has 1 atom stereocenters. The maximum Gasteiger partial charge on any atom is 0.317 e. The van der Waals surface area contributed by atoms with Gasteiger partial charge in [0.15, 0.2) is 0 Å². The zero-order valence-corrected chi connectivity index (χ0v) is 15.8. The van der Waals surface area contributed by atoms with Crippen molar-refractivity contribution in [2.45, 2.75) is 56.8 Å². The van der Waals surface area contributed by atoms with Crippen molar-refractivity contribution in [3.8, 4) is 0 Å². The molecule has 5 nitrogen and oxygen atoms in total. The average molecular weight is 376 g/mol. The second-order valence-electron chi connectivity index (χ2n) is 8.20. The number of rotatable bonds is 5. The molecule has 1 spiro atoms. The smallest absolute Gasteiger partial charge is 0.317 e. The summed E-state index contributed by atoms with van der Waals surface area (Å²) >= 11 is 0. The van der Waals surface area contributed by atoms with Gasteiger partial charge >= 0.3 is 6.03 Å². The van der Waals surface area contributed by atoms with E-state index in [2.05, 4.69) is 5.32 Å². The number of likely N-dealkylation sites (tertiary alicyclic amines) is 1. The fourth-order valence-electron chi connectivity index (χ4n) is 4.04. The molecule has 3 aliphatic rings. The Morgan fingerprint density at radius 3 is 2.67 bits per heavy atom. The standard InChI is InChI=1S/C21H29FN2O3/c22-18-5-3-16(4-6-18)14-23-20(25)24-10-8-21(9-11-24)13-19(7-12-27-21)26-15-17-1-2-17/h3-6,17,19H,1-2,7-15H2,(H,23,25). The third kappa shape index (κ3) is 4.99. The Morgan fingerprint density at radius 2 is 1.96 bits per heavy atom. The van der Waals surface area contributed by atoms with E-state index in [9.17, 15) is 9.18 Å². The van der Waals surface area contributed by atoms with E-state index in [0.29, 0.717) is 25.7 Å². The van der Waals surface area contributed by atoms with Crippen molar-refractivity contribution in [2.24, 2.45) is 5.92 Å². The first-order valence-corrected chi connectivity index (χ1v) is 10.1. The van der Waals surface area contributed by atoms with Crippen LogP contribution < -0.4 is 5.32 Å². The molecule has 2 heterocycles. The van der Waals surface area contributed by atoms with Gasteiger partial charge in [0.25, 0.3) is 0 Å². The molecule has 3 fully saturated rings. The van der Waals surface area contributed by atoms with E-state index in [-0.39, 0.29) is 17.4 Å². The SMILES string of the molecule is O=C(NCc1ccc(F)cc1)N1CCC2(CC1)CC(OCC1CC1)CCO2. The summed E-state index contributed by atoms with van der Waals surface area (Å²) in [7, 11) is 0. The molecule has 6 heteroatoms. The third-order valence-corrected chi connectivity index (χ3v) is 6.03. The molecule has 1 saturated carbocycles. The van der Waals surface area contributed by atoms with Crippen molar-refractivity contribution < 1.29 is 18.7 Å². The van der Waals surface area contributed by atoms with Crippen LogP contribution in [0.3, 0.4) is 0 Å². The molecule has 1 aromatic carbocycles. The number of nitrogens with one attached hydrogen (secondary N) is 1. The van der Waals surface area contributed by atoms with Crippen LogP contribution in [0.1, 0.15) is 44.1 Å². The molecule has 2 aliphatic heterocycles. The monoisotopic (exact) mass is 376 g/mol. The van der Waals surface area contributed by atoms with Crippen molar-refractivity contribution in [3.63, 3.8) is 0 Å². The molecule has 148 valence electrons. The Kier molecular flexibility index (Phi) is 5.64. The van der Waals surface area contributed by atoms with E-state index < -0.39 is 0 Å². The highest BCUT2D eigenvalue weighted by Gasteiger charge is 2.41. The molecule has 2 amide bonds. The lowest BCUT2D eigenvalue weighted by atomic mass is 9.83. The molecule has 1 unspecified atom stereocenters. The Balaban J connectivity index is 1.22. The zero-order chi connectivity index (χ0) is 18.7. The number of benzene rings is 1.